The van der Waals surface area contributed by atoms with E-state index in [2.05, 4.69) is 4.98 Å². The second kappa shape index (κ2) is 7.12. The number of morpholine rings is 1. The Morgan fingerprint density at radius 2 is 2.08 bits per heavy atom. The molecule has 25 heavy (non-hydrogen) atoms. The molecule has 2 saturated heterocycles. The van der Waals surface area contributed by atoms with E-state index in [0.717, 1.165) is 25.1 Å². The zero-order valence-electron chi connectivity index (χ0n) is 15.3. The van der Waals surface area contributed by atoms with Crippen molar-refractivity contribution in [3.8, 4) is 0 Å². The number of ether oxygens (including phenoxy) is 1. The first-order valence-corrected chi connectivity index (χ1v) is 9.11. The molecule has 0 aliphatic carbocycles. The number of likely N-dealkylation sites (tertiary alicyclic amines) is 1. The average Bonchev–Trinajstić information content (AvgIpc) is 2.74. The van der Waals surface area contributed by atoms with Gasteiger partial charge in [0.1, 0.15) is 5.69 Å². The van der Waals surface area contributed by atoms with Gasteiger partial charge in [0.2, 0.25) is 0 Å². The van der Waals surface area contributed by atoms with Crippen LogP contribution in [0.25, 0.3) is 0 Å². The molecule has 2 amide bonds. The van der Waals surface area contributed by atoms with Gasteiger partial charge in [-0.15, -0.1) is 0 Å². The second-order valence-corrected chi connectivity index (χ2v) is 7.28. The Kier molecular flexibility index (Phi) is 5.08. The van der Waals surface area contributed by atoms with Gasteiger partial charge in [-0.2, -0.15) is 0 Å². The summed E-state index contributed by atoms with van der Waals surface area (Å²) in [6.45, 7) is 7.87. The normalized spacial score (nSPS) is 24.7. The Morgan fingerprint density at radius 3 is 2.80 bits per heavy atom. The van der Waals surface area contributed by atoms with Crippen molar-refractivity contribution in [2.75, 3.05) is 26.2 Å². The molecule has 0 saturated carbocycles. The molecule has 0 aromatic carbocycles. The van der Waals surface area contributed by atoms with Gasteiger partial charge in [-0.25, -0.2) is 4.98 Å². The van der Waals surface area contributed by atoms with Crippen LogP contribution < -0.4 is 0 Å². The fraction of sp³-hybridized carbons (Fsp3) is 0.632. The number of hydrogen-bond acceptors (Lipinski definition) is 4. The maximum atomic E-state index is 13.2. The third-order valence-corrected chi connectivity index (χ3v) is 5.08. The lowest BCUT2D eigenvalue weighted by Gasteiger charge is -2.43. The summed E-state index contributed by atoms with van der Waals surface area (Å²) < 4.78 is 6.01. The lowest BCUT2D eigenvalue weighted by molar-refractivity contribution is -0.169. The first kappa shape index (κ1) is 17.9. The molecular weight excluding hydrogens is 318 g/mol. The van der Waals surface area contributed by atoms with Crippen molar-refractivity contribution in [3.63, 3.8) is 0 Å². The number of amides is 2. The third-order valence-electron chi connectivity index (χ3n) is 5.08. The molecule has 2 aliphatic rings. The van der Waals surface area contributed by atoms with Crippen LogP contribution in [-0.4, -0.2) is 64.5 Å². The van der Waals surface area contributed by atoms with Gasteiger partial charge >= 0.3 is 0 Å². The Bertz CT molecular complexity index is 661. The summed E-state index contributed by atoms with van der Waals surface area (Å²) in [6.07, 6.45) is 2.57. The van der Waals surface area contributed by atoms with E-state index in [9.17, 15) is 9.59 Å². The number of carbonyl (C=O) groups is 2. The smallest absolute Gasteiger partial charge is 0.272 e. The van der Waals surface area contributed by atoms with Crippen LogP contribution >= 0.6 is 0 Å². The highest BCUT2D eigenvalue weighted by atomic mass is 16.5. The summed E-state index contributed by atoms with van der Waals surface area (Å²) in [5.74, 6) is -0.103. The van der Waals surface area contributed by atoms with E-state index in [1.807, 2.05) is 37.8 Å². The van der Waals surface area contributed by atoms with Gasteiger partial charge in [-0.1, -0.05) is 6.07 Å². The third kappa shape index (κ3) is 3.54. The van der Waals surface area contributed by atoms with Crippen molar-refractivity contribution in [1.82, 2.24) is 14.8 Å². The minimum absolute atomic E-state index is 0.0229. The lowest BCUT2D eigenvalue weighted by atomic mass is 9.93. The molecule has 0 bridgehead atoms. The molecule has 3 heterocycles. The zero-order chi connectivity index (χ0) is 18.0. The molecule has 3 rings (SSSR count). The lowest BCUT2D eigenvalue weighted by Crippen LogP contribution is -2.61. The van der Waals surface area contributed by atoms with Gasteiger partial charge in [0.15, 0.2) is 5.60 Å². The predicted molar refractivity (Wildman–Crippen MR) is 94.3 cm³/mol. The number of hydrogen-bond donors (Lipinski definition) is 0. The predicted octanol–water partition coefficient (Wildman–Crippen LogP) is 2.02. The second-order valence-electron chi connectivity index (χ2n) is 7.28. The van der Waals surface area contributed by atoms with Crippen molar-refractivity contribution in [1.29, 1.82) is 0 Å². The molecule has 136 valence electrons. The van der Waals surface area contributed by atoms with Gasteiger partial charge in [0, 0.05) is 24.8 Å². The van der Waals surface area contributed by atoms with Crippen LogP contribution in [0.4, 0.5) is 0 Å². The summed E-state index contributed by atoms with van der Waals surface area (Å²) in [4.78, 5) is 34.0. The molecular formula is C19H27N3O3. The highest BCUT2D eigenvalue weighted by Crippen LogP contribution is 2.31. The fourth-order valence-corrected chi connectivity index (χ4v) is 3.72. The minimum Gasteiger partial charge on any atom is -0.361 e. The molecule has 0 radical (unpaired) electrons. The monoisotopic (exact) mass is 345 g/mol. The van der Waals surface area contributed by atoms with Crippen LogP contribution in [0.1, 0.15) is 49.3 Å². The molecule has 1 spiro atoms. The number of aryl methyl sites for hydroxylation is 1. The highest BCUT2D eigenvalue weighted by Gasteiger charge is 2.48. The molecule has 6 heteroatoms. The molecule has 2 aliphatic heterocycles. The van der Waals surface area contributed by atoms with E-state index in [1.54, 1.807) is 11.0 Å². The Hall–Kier alpha value is -1.95. The standard InChI is InChI=1S/C19H27N3O3/c1-14(2)22-10-5-4-9-19(18(22)24)13-21(11-12-25-19)17(23)16-8-6-7-15(3)20-16/h6-8,14H,4-5,9-13H2,1-3H3. The molecule has 1 aromatic heterocycles. The van der Waals surface area contributed by atoms with Crippen molar-refractivity contribution < 1.29 is 14.3 Å². The molecule has 1 aromatic rings. The van der Waals surface area contributed by atoms with Crippen LogP contribution in [0.5, 0.6) is 0 Å². The van der Waals surface area contributed by atoms with Crippen molar-refractivity contribution in [3.05, 3.63) is 29.6 Å². The van der Waals surface area contributed by atoms with Gasteiger partial charge in [0.25, 0.3) is 11.8 Å². The van der Waals surface area contributed by atoms with Crippen LogP contribution in [0.3, 0.4) is 0 Å². The SMILES string of the molecule is Cc1cccc(C(=O)N2CCOC3(CCCCN(C(C)C)C3=O)C2)n1. The first-order chi connectivity index (χ1) is 11.9. The van der Waals surface area contributed by atoms with Crippen molar-refractivity contribution in [2.45, 2.75) is 51.7 Å². The molecule has 0 N–H and O–H groups in total. The number of nitrogens with zero attached hydrogens (tertiary/aromatic N) is 3. The van der Waals surface area contributed by atoms with Crippen LogP contribution in [-0.2, 0) is 9.53 Å². The van der Waals surface area contributed by atoms with Crippen molar-refractivity contribution in [2.24, 2.45) is 0 Å². The van der Waals surface area contributed by atoms with Crippen LogP contribution in [0.15, 0.2) is 18.2 Å². The number of aromatic nitrogens is 1. The van der Waals surface area contributed by atoms with Crippen LogP contribution in [0.2, 0.25) is 0 Å². The molecule has 1 unspecified atom stereocenters. The Balaban J connectivity index is 1.84. The van der Waals surface area contributed by atoms with E-state index in [4.69, 9.17) is 4.74 Å². The van der Waals surface area contributed by atoms with E-state index in [1.165, 1.54) is 0 Å². The topological polar surface area (TPSA) is 62.7 Å². The van der Waals surface area contributed by atoms with E-state index in [0.29, 0.717) is 31.8 Å². The molecule has 2 fully saturated rings. The quantitative estimate of drug-likeness (QED) is 0.823. The average molecular weight is 345 g/mol. The van der Waals surface area contributed by atoms with E-state index < -0.39 is 5.60 Å². The maximum Gasteiger partial charge on any atom is 0.272 e. The minimum atomic E-state index is -0.904. The van der Waals surface area contributed by atoms with E-state index >= 15 is 0 Å². The summed E-state index contributed by atoms with van der Waals surface area (Å²) in [5.41, 5.74) is 0.336. The summed E-state index contributed by atoms with van der Waals surface area (Å²) in [5, 5.41) is 0. The van der Waals surface area contributed by atoms with E-state index in [-0.39, 0.29) is 17.9 Å². The number of carbonyl (C=O) groups excluding carboxylic acids is 2. The summed E-state index contributed by atoms with van der Waals surface area (Å²) >= 11 is 0. The van der Waals surface area contributed by atoms with Gasteiger partial charge < -0.3 is 14.5 Å². The van der Waals surface area contributed by atoms with Gasteiger partial charge in [-0.3, -0.25) is 9.59 Å². The largest absolute Gasteiger partial charge is 0.361 e. The summed E-state index contributed by atoms with van der Waals surface area (Å²) in [6, 6.07) is 5.57. The molecule has 1 atom stereocenters. The van der Waals surface area contributed by atoms with Crippen LogP contribution in [0, 0.1) is 6.92 Å². The highest BCUT2D eigenvalue weighted by molar-refractivity contribution is 5.94. The Labute approximate surface area is 149 Å². The first-order valence-electron chi connectivity index (χ1n) is 9.11. The summed E-state index contributed by atoms with van der Waals surface area (Å²) in [7, 11) is 0. The fourth-order valence-electron chi connectivity index (χ4n) is 3.72. The Morgan fingerprint density at radius 1 is 1.28 bits per heavy atom. The number of rotatable bonds is 2. The van der Waals surface area contributed by atoms with Gasteiger partial charge in [0.05, 0.1) is 13.2 Å². The number of pyridine rings is 1. The van der Waals surface area contributed by atoms with Crippen molar-refractivity contribution >= 4 is 11.8 Å². The van der Waals surface area contributed by atoms with Gasteiger partial charge in [-0.05, 0) is 52.2 Å². The zero-order valence-corrected chi connectivity index (χ0v) is 15.3. The molecule has 6 nitrogen and oxygen atoms in total. The maximum absolute atomic E-state index is 13.2.